The van der Waals surface area contributed by atoms with Crippen LogP contribution in [0.2, 0.25) is 0 Å². The van der Waals surface area contributed by atoms with Crippen LogP contribution in [0.1, 0.15) is 23.1 Å². The number of thioether (sulfide) groups is 2. The zero-order valence-corrected chi connectivity index (χ0v) is 20.4. The van der Waals surface area contributed by atoms with Crippen LogP contribution in [0.15, 0.2) is 91.0 Å². The molecule has 1 aliphatic heterocycles. The fourth-order valence-electron chi connectivity index (χ4n) is 3.76. The number of allylic oxidation sites excluding steroid dienone is 2. The van der Waals surface area contributed by atoms with Crippen molar-refractivity contribution in [3.63, 3.8) is 0 Å². The van der Waals surface area contributed by atoms with Gasteiger partial charge in [0, 0.05) is 0 Å². The van der Waals surface area contributed by atoms with E-state index < -0.39 is 0 Å². The Morgan fingerprint density at radius 2 is 1.30 bits per heavy atom. The van der Waals surface area contributed by atoms with E-state index in [0.29, 0.717) is 0 Å². The fourth-order valence-corrected chi connectivity index (χ4v) is 6.92. The highest BCUT2D eigenvalue weighted by atomic mass is 32.2. The van der Waals surface area contributed by atoms with Gasteiger partial charge in [-0.25, -0.2) is 4.39 Å². The molecule has 0 spiro atoms. The first-order valence-corrected chi connectivity index (χ1v) is 12.8. The normalized spacial score (nSPS) is 15.2. The van der Waals surface area contributed by atoms with Crippen LogP contribution in [0.5, 0.6) is 11.5 Å². The maximum Gasteiger partial charge on any atom is 0.123 e. The topological polar surface area (TPSA) is 18.5 Å². The molecular weight excluding hydrogens is 451 g/mol. The lowest BCUT2D eigenvalue weighted by atomic mass is 9.97. The van der Waals surface area contributed by atoms with Gasteiger partial charge >= 0.3 is 0 Å². The van der Waals surface area contributed by atoms with E-state index in [-0.39, 0.29) is 9.90 Å². The molecule has 0 bridgehead atoms. The SMILES string of the molecule is COc1ccc(C(=CC=CC2(c3ccc(F)cc3)SCCCS2)c2ccc(OC)cc2)cc1. The first-order chi connectivity index (χ1) is 16.1. The Labute approximate surface area is 203 Å². The molecule has 1 heterocycles. The molecule has 3 aromatic rings. The van der Waals surface area contributed by atoms with Crippen molar-refractivity contribution in [2.75, 3.05) is 25.7 Å². The Balaban J connectivity index is 1.72. The van der Waals surface area contributed by atoms with Crippen LogP contribution in [0, 0.1) is 5.82 Å². The summed E-state index contributed by atoms with van der Waals surface area (Å²) >= 11 is 3.83. The summed E-state index contributed by atoms with van der Waals surface area (Å²) in [5.74, 6) is 3.62. The minimum absolute atomic E-state index is 0.204. The zero-order chi connectivity index (χ0) is 23.1. The lowest BCUT2D eigenvalue weighted by Crippen LogP contribution is -2.20. The van der Waals surface area contributed by atoms with Gasteiger partial charge in [-0.1, -0.05) is 54.6 Å². The maximum absolute atomic E-state index is 13.6. The number of halogens is 1. The summed E-state index contributed by atoms with van der Waals surface area (Å²) in [4.78, 5) is 0. The second-order valence-electron chi connectivity index (χ2n) is 7.62. The van der Waals surface area contributed by atoms with E-state index in [0.717, 1.165) is 45.3 Å². The van der Waals surface area contributed by atoms with E-state index in [1.165, 1.54) is 6.42 Å². The van der Waals surface area contributed by atoms with Crippen molar-refractivity contribution in [1.29, 1.82) is 0 Å². The molecule has 1 aliphatic rings. The Morgan fingerprint density at radius 3 is 1.79 bits per heavy atom. The molecule has 0 N–H and O–H groups in total. The van der Waals surface area contributed by atoms with Crippen molar-refractivity contribution < 1.29 is 13.9 Å². The monoisotopic (exact) mass is 478 g/mol. The first kappa shape index (κ1) is 23.5. The lowest BCUT2D eigenvalue weighted by Gasteiger charge is -2.34. The van der Waals surface area contributed by atoms with Gasteiger partial charge in [0.05, 0.1) is 14.2 Å². The summed E-state index contributed by atoms with van der Waals surface area (Å²) in [6, 6.07) is 23.1. The fraction of sp³-hybridized carbons (Fsp3) is 0.214. The average Bonchev–Trinajstić information content (AvgIpc) is 2.88. The summed E-state index contributed by atoms with van der Waals surface area (Å²) in [6.45, 7) is 0. The Morgan fingerprint density at radius 1 is 0.788 bits per heavy atom. The molecule has 0 unspecified atom stereocenters. The van der Waals surface area contributed by atoms with Crippen LogP contribution in [-0.4, -0.2) is 25.7 Å². The van der Waals surface area contributed by atoms with Crippen molar-refractivity contribution in [2.24, 2.45) is 0 Å². The predicted octanol–water partition coefficient (Wildman–Crippen LogP) is 7.55. The average molecular weight is 479 g/mol. The lowest BCUT2D eigenvalue weighted by molar-refractivity contribution is 0.414. The van der Waals surface area contributed by atoms with Gasteiger partial charge < -0.3 is 9.47 Å². The van der Waals surface area contributed by atoms with Crippen LogP contribution in [-0.2, 0) is 4.08 Å². The molecule has 0 atom stereocenters. The molecule has 0 saturated carbocycles. The van der Waals surface area contributed by atoms with Crippen LogP contribution < -0.4 is 9.47 Å². The minimum atomic E-state index is -0.215. The van der Waals surface area contributed by atoms with Crippen molar-refractivity contribution in [3.05, 3.63) is 114 Å². The number of methoxy groups -OCH3 is 2. The molecular formula is C28H27FO2S2. The van der Waals surface area contributed by atoms with E-state index in [1.54, 1.807) is 26.4 Å². The van der Waals surface area contributed by atoms with Crippen LogP contribution in [0.3, 0.4) is 0 Å². The molecule has 0 aliphatic carbocycles. The number of benzene rings is 3. The van der Waals surface area contributed by atoms with Gasteiger partial charge in [0.15, 0.2) is 0 Å². The molecule has 170 valence electrons. The van der Waals surface area contributed by atoms with Gasteiger partial charge in [-0.15, -0.1) is 23.5 Å². The van der Waals surface area contributed by atoms with Gasteiger partial charge in [-0.3, -0.25) is 0 Å². The smallest absolute Gasteiger partial charge is 0.123 e. The summed E-state index contributed by atoms with van der Waals surface area (Å²) in [6.07, 6.45) is 7.73. The minimum Gasteiger partial charge on any atom is -0.497 e. The standard InChI is InChI=1S/C28H27FO2S2/c1-30-25-14-6-21(7-15-25)27(22-8-16-26(31-2)17-9-22)5-3-18-28(32-19-4-20-33-28)23-10-12-24(29)13-11-23/h3,5-18H,4,19-20H2,1-2H3. The maximum atomic E-state index is 13.6. The Bertz CT molecular complexity index is 1050. The van der Waals surface area contributed by atoms with Crippen LogP contribution in [0.25, 0.3) is 5.57 Å². The summed E-state index contributed by atoms with van der Waals surface area (Å²) in [7, 11) is 3.35. The van der Waals surface area contributed by atoms with Crippen molar-refractivity contribution in [3.8, 4) is 11.5 Å². The molecule has 3 aromatic carbocycles. The largest absolute Gasteiger partial charge is 0.497 e. The highest BCUT2D eigenvalue weighted by Crippen LogP contribution is 2.51. The third-order valence-corrected chi connectivity index (χ3v) is 8.84. The Kier molecular flexibility index (Phi) is 7.84. The molecule has 5 heteroatoms. The van der Waals surface area contributed by atoms with Crippen molar-refractivity contribution >= 4 is 29.1 Å². The second kappa shape index (κ2) is 11.0. The molecule has 33 heavy (non-hydrogen) atoms. The molecule has 1 saturated heterocycles. The number of hydrogen-bond donors (Lipinski definition) is 0. The molecule has 4 rings (SSSR count). The molecule has 2 nitrogen and oxygen atoms in total. The number of rotatable bonds is 7. The summed E-state index contributed by atoms with van der Waals surface area (Å²) in [5.41, 5.74) is 4.44. The summed E-state index contributed by atoms with van der Waals surface area (Å²) in [5, 5.41) is 0. The van der Waals surface area contributed by atoms with Crippen LogP contribution >= 0.6 is 23.5 Å². The number of hydrogen-bond acceptors (Lipinski definition) is 4. The quantitative estimate of drug-likeness (QED) is 0.326. The third kappa shape index (κ3) is 5.66. The van der Waals surface area contributed by atoms with Gasteiger partial charge in [0.1, 0.15) is 21.4 Å². The van der Waals surface area contributed by atoms with E-state index in [4.69, 9.17) is 9.47 Å². The number of ether oxygens (including phenoxy) is 2. The van der Waals surface area contributed by atoms with E-state index in [2.05, 4.69) is 42.5 Å². The second-order valence-corrected chi connectivity index (χ2v) is 10.6. The van der Waals surface area contributed by atoms with Crippen molar-refractivity contribution in [2.45, 2.75) is 10.5 Å². The van der Waals surface area contributed by atoms with E-state index >= 15 is 0 Å². The van der Waals surface area contributed by atoms with Gasteiger partial charge in [0.2, 0.25) is 0 Å². The summed E-state index contributed by atoms with van der Waals surface area (Å²) < 4.78 is 24.0. The Hall–Kier alpha value is -2.63. The highest BCUT2D eigenvalue weighted by Gasteiger charge is 2.32. The van der Waals surface area contributed by atoms with E-state index in [9.17, 15) is 4.39 Å². The third-order valence-electron chi connectivity index (χ3n) is 5.55. The van der Waals surface area contributed by atoms with Gasteiger partial charge in [-0.05, 0) is 76.6 Å². The van der Waals surface area contributed by atoms with E-state index in [1.807, 2.05) is 59.9 Å². The molecule has 0 aromatic heterocycles. The van der Waals surface area contributed by atoms with Gasteiger partial charge in [0.25, 0.3) is 0 Å². The molecule has 0 amide bonds. The molecule has 1 fully saturated rings. The molecule has 0 radical (unpaired) electrons. The van der Waals surface area contributed by atoms with Crippen molar-refractivity contribution in [1.82, 2.24) is 0 Å². The first-order valence-electron chi connectivity index (χ1n) is 10.9. The predicted molar refractivity (Wildman–Crippen MR) is 140 cm³/mol. The highest BCUT2D eigenvalue weighted by molar-refractivity contribution is 8.18. The van der Waals surface area contributed by atoms with Gasteiger partial charge in [-0.2, -0.15) is 0 Å². The van der Waals surface area contributed by atoms with Crippen LogP contribution in [0.4, 0.5) is 4.39 Å². The zero-order valence-electron chi connectivity index (χ0n) is 18.8.